The average Bonchev–Trinajstić information content (AvgIpc) is 2.12. The Morgan fingerprint density at radius 3 is 2.25 bits per heavy atom. The summed E-state index contributed by atoms with van der Waals surface area (Å²) in [6.07, 6.45) is 10.3. The molecule has 0 N–H and O–H groups in total. The highest BCUT2D eigenvalue weighted by molar-refractivity contribution is 4.75. The number of ether oxygens (including phenoxy) is 2. The van der Waals surface area contributed by atoms with E-state index in [0.717, 1.165) is 25.7 Å². The van der Waals surface area contributed by atoms with Crippen molar-refractivity contribution < 1.29 is 9.47 Å². The highest BCUT2D eigenvalue weighted by atomic mass is 16.7. The van der Waals surface area contributed by atoms with E-state index in [0.29, 0.717) is 0 Å². The Balaban J connectivity index is 3.53. The molecule has 0 saturated carbocycles. The fourth-order valence-corrected chi connectivity index (χ4v) is 0.947. The lowest BCUT2D eigenvalue weighted by Crippen LogP contribution is -2.29. The molecule has 0 rings (SSSR count). The minimum Gasteiger partial charge on any atom is -0.353 e. The van der Waals surface area contributed by atoms with Gasteiger partial charge in [-0.05, 0) is 26.2 Å². The lowest BCUT2D eigenvalue weighted by molar-refractivity contribution is -0.197. The Bertz CT molecular complexity index is 142. The molecule has 0 aromatic heterocycles. The van der Waals surface area contributed by atoms with Gasteiger partial charge >= 0.3 is 0 Å². The Kier molecular flexibility index (Phi) is 5.79. The van der Waals surface area contributed by atoms with E-state index >= 15 is 0 Å². The van der Waals surface area contributed by atoms with Crippen LogP contribution in [0.2, 0.25) is 0 Å². The molecule has 1 radical (unpaired) electrons. The highest BCUT2D eigenvalue weighted by Crippen LogP contribution is 2.18. The first-order valence-corrected chi connectivity index (χ1v) is 4.18. The minimum absolute atomic E-state index is 0.456. The number of methoxy groups -OCH3 is 2. The molecule has 0 spiro atoms. The zero-order valence-electron chi connectivity index (χ0n) is 8.14. The smallest absolute Gasteiger partial charge is 0.164 e. The topological polar surface area (TPSA) is 18.5 Å². The van der Waals surface area contributed by atoms with Crippen molar-refractivity contribution in [1.29, 1.82) is 0 Å². The molecule has 0 atom stereocenters. The van der Waals surface area contributed by atoms with Gasteiger partial charge in [0.25, 0.3) is 0 Å². The van der Waals surface area contributed by atoms with Crippen molar-refractivity contribution in [2.24, 2.45) is 0 Å². The van der Waals surface area contributed by atoms with Gasteiger partial charge in [0.05, 0.1) is 0 Å². The average molecular weight is 169 g/mol. The van der Waals surface area contributed by atoms with Crippen molar-refractivity contribution >= 4 is 0 Å². The van der Waals surface area contributed by atoms with E-state index < -0.39 is 5.79 Å². The molecule has 0 aliphatic heterocycles. The Hall–Kier alpha value is -0.520. The van der Waals surface area contributed by atoms with Gasteiger partial charge in [0, 0.05) is 27.1 Å². The Labute approximate surface area is 75.3 Å². The van der Waals surface area contributed by atoms with Crippen LogP contribution in [0.5, 0.6) is 0 Å². The predicted molar refractivity (Wildman–Crippen MR) is 48.0 cm³/mol. The molecule has 12 heavy (non-hydrogen) atoms. The second kappa shape index (κ2) is 6.05. The quantitative estimate of drug-likeness (QED) is 0.344. The molecule has 0 aromatic rings. The van der Waals surface area contributed by atoms with Crippen LogP contribution in [0.4, 0.5) is 0 Å². The van der Waals surface area contributed by atoms with Gasteiger partial charge in [0.15, 0.2) is 5.79 Å². The predicted octanol–water partition coefficient (Wildman–Crippen LogP) is 2.15. The third-order valence-electron chi connectivity index (χ3n) is 2.05. The van der Waals surface area contributed by atoms with E-state index in [4.69, 9.17) is 15.9 Å². The van der Waals surface area contributed by atoms with Gasteiger partial charge < -0.3 is 9.47 Å². The standard InChI is InChI=1S/C10H17O2/c1-5-6-7-8-9-10(2,11-3)12-4/h6-9H2,2-4H3. The second-order valence-electron chi connectivity index (χ2n) is 2.93. The molecule has 69 valence electrons. The molecule has 0 aliphatic rings. The zero-order chi connectivity index (χ0) is 9.45. The summed E-state index contributed by atoms with van der Waals surface area (Å²) in [6, 6.07) is 0. The molecule has 2 nitrogen and oxygen atoms in total. The Morgan fingerprint density at radius 2 is 1.83 bits per heavy atom. The summed E-state index contributed by atoms with van der Waals surface area (Å²) < 4.78 is 10.4. The normalized spacial score (nSPS) is 11.2. The van der Waals surface area contributed by atoms with Crippen LogP contribution in [0, 0.1) is 12.3 Å². The molecule has 0 amide bonds. The van der Waals surface area contributed by atoms with Crippen LogP contribution in [0.25, 0.3) is 0 Å². The number of hydrogen-bond acceptors (Lipinski definition) is 2. The van der Waals surface area contributed by atoms with Crippen molar-refractivity contribution in [3.05, 3.63) is 6.42 Å². The summed E-state index contributed by atoms with van der Waals surface area (Å²) in [6.45, 7) is 1.92. The van der Waals surface area contributed by atoms with Gasteiger partial charge in [0.1, 0.15) is 0 Å². The van der Waals surface area contributed by atoms with E-state index in [9.17, 15) is 0 Å². The van der Waals surface area contributed by atoms with Crippen LogP contribution >= 0.6 is 0 Å². The molecule has 2 heteroatoms. The van der Waals surface area contributed by atoms with E-state index in [-0.39, 0.29) is 0 Å². The number of rotatable bonds is 6. The first-order chi connectivity index (χ1) is 5.68. The number of hydrogen-bond donors (Lipinski definition) is 0. The van der Waals surface area contributed by atoms with E-state index in [2.05, 4.69) is 5.92 Å². The fraction of sp³-hybridized carbons (Fsp3) is 0.800. The maximum absolute atomic E-state index is 6.71. The molecule has 0 saturated heterocycles. The molecule has 0 aliphatic carbocycles. The molecule has 0 fully saturated rings. The van der Waals surface area contributed by atoms with Crippen LogP contribution in [0.1, 0.15) is 32.6 Å². The van der Waals surface area contributed by atoms with Crippen LogP contribution in [-0.2, 0) is 9.47 Å². The lowest BCUT2D eigenvalue weighted by Gasteiger charge is -2.26. The second-order valence-corrected chi connectivity index (χ2v) is 2.93. The molecular formula is C10H17O2. The van der Waals surface area contributed by atoms with Crippen LogP contribution in [-0.4, -0.2) is 20.0 Å². The summed E-state index contributed by atoms with van der Waals surface area (Å²) in [5.74, 6) is 1.90. The Morgan fingerprint density at radius 1 is 1.25 bits per heavy atom. The van der Waals surface area contributed by atoms with Gasteiger partial charge in [-0.2, -0.15) is 0 Å². The summed E-state index contributed by atoms with van der Waals surface area (Å²) in [5, 5.41) is 0. The van der Waals surface area contributed by atoms with E-state index in [1.807, 2.05) is 6.92 Å². The first-order valence-electron chi connectivity index (χ1n) is 4.18. The monoisotopic (exact) mass is 169 g/mol. The van der Waals surface area contributed by atoms with Crippen molar-refractivity contribution in [2.75, 3.05) is 14.2 Å². The van der Waals surface area contributed by atoms with Crippen molar-refractivity contribution in [1.82, 2.24) is 0 Å². The minimum atomic E-state index is -0.456. The van der Waals surface area contributed by atoms with Gasteiger partial charge in [-0.1, -0.05) is 5.92 Å². The fourth-order valence-electron chi connectivity index (χ4n) is 0.947. The zero-order valence-corrected chi connectivity index (χ0v) is 8.14. The summed E-state index contributed by atoms with van der Waals surface area (Å²) in [4.78, 5) is 0. The largest absolute Gasteiger partial charge is 0.353 e. The summed E-state index contributed by atoms with van der Waals surface area (Å²) in [5.41, 5.74) is 0. The third-order valence-corrected chi connectivity index (χ3v) is 2.05. The van der Waals surface area contributed by atoms with Gasteiger partial charge in [0.2, 0.25) is 0 Å². The molecule has 0 unspecified atom stereocenters. The molecular weight excluding hydrogens is 152 g/mol. The lowest BCUT2D eigenvalue weighted by atomic mass is 10.1. The highest BCUT2D eigenvalue weighted by Gasteiger charge is 2.21. The van der Waals surface area contributed by atoms with Crippen molar-refractivity contribution in [2.45, 2.75) is 38.4 Å². The molecule has 0 aromatic carbocycles. The molecule has 0 heterocycles. The van der Waals surface area contributed by atoms with Crippen molar-refractivity contribution in [3.8, 4) is 5.92 Å². The maximum atomic E-state index is 6.71. The van der Waals surface area contributed by atoms with Crippen molar-refractivity contribution in [3.63, 3.8) is 0 Å². The third kappa shape index (κ3) is 4.38. The first kappa shape index (κ1) is 11.5. The van der Waals surface area contributed by atoms with Gasteiger partial charge in [-0.15, -0.1) is 0 Å². The van der Waals surface area contributed by atoms with Crippen LogP contribution < -0.4 is 0 Å². The number of unbranched alkanes of at least 4 members (excludes halogenated alkanes) is 2. The van der Waals surface area contributed by atoms with Gasteiger partial charge in [-0.3, -0.25) is 0 Å². The van der Waals surface area contributed by atoms with E-state index in [1.165, 1.54) is 0 Å². The SMILES string of the molecule is [C]#CCCCCC(C)(OC)OC. The summed E-state index contributed by atoms with van der Waals surface area (Å²) in [7, 11) is 3.29. The van der Waals surface area contributed by atoms with Crippen LogP contribution in [0.15, 0.2) is 0 Å². The van der Waals surface area contributed by atoms with Crippen LogP contribution in [0.3, 0.4) is 0 Å². The summed E-state index contributed by atoms with van der Waals surface area (Å²) >= 11 is 0. The van der Waals surface area contributed by atoms with E-state index in [1.54, 1.807) is 14.2 Å². The van der Waals surface area contributed by atoms with Gasteiger partial charge in [-0.25, -0.2) is 0 Å². The maximum Gasteiger partial charge on any atom is 0.164 e. The molecule has 0 bridgehead atoms.